The number of benzene rings is 1. The summed E-state index contributed by atoms with van der Waals surface area (Å²) < 4.78 is 0. The monoisotopic (exact) mass is 353 g/mol. The Morgan fingerprint density at radius 3 is 2.50 bits per heavy atom. The third kappa shape index (κ3) is 4.87. The first-order valence-electron chi connectivity index (χ1n) is 9.84. The lowest BCUT2D eigenvalue weighted by Gasteiger charge is -2.28. The molecule has 1 aromatic heterocycles. The van der Waals surface area contributed by atoms with Crippen LogP contribution in [0.2, 0.25) is 0 Å². The average molecular weight is 354 g/mol. The van der Waals surface area contributed by atoms with Crippen LogP contribution < -0.4 is 15.1 Å². The summed E-state index contributed by atoms with van der Waals surface area (Å²) in [6.45, 7) is 7.54. The predicted octanol–water partition coefficient (Wildman–Crippen LogP) is 4.76. The quantitative estimate of drug-likeness (QED) is 0.778. The molecule has 1 N–H and O–H groups in total. The SMILES string of the molecule is CCCCN(C)c1nc(C)cc(Nc2ccc(N3CCCCC3)cc2)n1. The number of unbranched alkanes of at least 4 members (excludes halogenated alkanes) is 1. The van der Waals surface area contributed by atoms with Crippen molar-refractivity contribution in [3.8, 4) is 0 Å². The van der Waals surface area contributed by atoms with Crippen molar-refractivity contribution >= 4 is 23.1 Å². The van der Waals surface area contributed by atoms with Crippen molar-refractivity contribution in [3.63, 3.8) is 0 Å². The van der Waals surface area contributed by atoms with E-state index >= 15 is 0 Å². The molecule has 5 heteroatoms. The smallest absolute Gasteiger partial charge is 0.227 e. The molecule has 0 aliphatic carbocycles. The molecule has 0 atom stereocenters. The number of aromatic nitrogens is 2. The minimum atomic E-state index is 0.783. The van der Waals surface area contributed by atoms with Gasteiger partial charge in [-0.1, -0.05) is 13.3 Å². The molecule has 1 aliphatic rings. The van der Waals surface area contributed by atoms with Gasteiger partial charge in [-0.2, -0.15) is 4.98 Å². The predicted molar refractivity (Wildman–Crippen MR) is 111 cm³/mol. The van der Waals surface area contributed by atoms with Gasteiger partial charge in [-0.25, -0.2) is 4.98 Å². The van der Waals surface area contributed by atoms with E-state index < -0.39 is 0 Å². The molecule has 2 heterocycles. The van der Waals surface area contributed by atoms with Gasteiger partial charge in [0.1, 0.15) is 5.82 Å². The Bertz CT molecular complexity index is 692. The number of nitrogens with zero attached hydrogens (tertiary/aromatic N) is 4. The van der Waals surface area contributed by atoms with Gasteiger partial charge in [0.15, 0.2) is 0 Å². The number of aryl methyl sites for hydroxylation is 1. The molecule has 0 saturated carbocycles. The number of hydrogen-bond acceptors (Lipinski definition) is 5. The zero-order valence-electron chi connectivity index (χ0n) is 16.3. The largest absolute Gasteiger partial charge is 0.372 e. The molecule has 1 fully saturated rings. The molecule has 26 heavy (non-hydrogen) atoms. The molecule has 3 rings (SSSR count). The first-order chi connectivity index (χ1) is 12.7. The molecule has 1 saturated heterocycles. The van der Waals surface area contributed by atoms with Crippen LogP contribution in [0.15, 0.2) is 30.3 Å². The first kappa shape index (κ1) is 18.5. The molecule has 2 aromatic rings. The van der Waals surface area contributed by atoms with Gasteiger partial charge in [0, 0.05) is 49.8 Å². The maximum Gasteiger partial charge on any atom is 0.227 e. The van der Waals surface area contributed by atoms with Crippen molar-refractivity contribution < 1.29 is 0 Å². The Kier molecular flexibility index (Phi) is 6.31. The van der Waals surface area contributed by atoms with Crippen LogP contribution in [0.1, 0.15) is 44.7 Å². The average Bonchev–Trinajstić information content (AvgIpc) is 2.67. The van der Waals surface area contributed by atoms with Crippen LogP contribution in [0.5, 0.6) is 0 Å². The van der Waals surface area contributed by atoms with Crippen molar-refractivity contribution in [2.24, 2.45) is 0 Å². The van der Waals surface area contributed by atoms with Gasteiger partial charge >= 0.3 is 0 Å². The zero-order chi connectivity index (χ0) is 18.4. The fourth-order valence-electron chi connectivity index (χ4n) is 3.34. The molecule has 140 valence electrons. The van der Waals surface area contributed by atoms with E-state index in [1.807, 2.05) is 13.0 Å². The highest BCUT2D eigenvalue weighted by Gasteiger charge is 2.11. The lowest BCUT2D eigenvalue weighted by Crippen LogP contribution is -2.29. The summed E-state index contributed by atoms with van der Waals surface area (Å²) in [7, 11) is 2.06. The van der Waals surface area contributed by atoms with E-state index in [0.717, 1.165) is 36.1 Å². The molecule has 0 spiro atoms. The third-order valence-corrected chi connectivity index (χ3v) is 4.89. The van der Waals surface area contributed by atoms with Crippen LogP contribution in [-0.2, 0) is 0 Å². The fraction of sp³-hybridized carbons (Fsp3) is 0.524. The number of hydrogen-bond donors (Lipinski definition) is 1. The highest BCUT2D eigenvalue weighted by Crippen LogP contribution is 2.24. The van der Waals surface area contributed by atoms with Gasteiger partial charge in [0.25, 0.3) is 0 Å². The molecule has 0 unspecified atom stereocenters. The minimum absolute atomic E-state index is 0.783. The Morgan fingerprint density at radius 2 is 1.81 bits per heavy atom. The van der Waals surface area contributed by atoms with Gasteiger partial charge in [-0.15, -0.1) is 0 Å². The van der Waals surface area contributed by atoms with Gasteiger partial charge < -0.3 is 15.1 Å². The van der Waals surface area contributed by atoms with Crippen molar-refractivity contribution in [2.75, 3.05) is 41.8 Å². The second-order valence-electron chi connectivity index (χ2n) is 7.19. The summed E-state index contributed by atoms with van der Waals surface area (Å²) in [6, 6.07) is 10.7. The van der Waals surface area contributed by atoms with Crippen molar-refractivity contribution in [1.82, 2.24) is 9.97 Å². The maximum absolute atomic E-state index is 4.69. The second kappa shape index (κ2) is 8.88. The number of anilines is 4. The Hall–Kier alpha value is -2.30. The first-order valence-corrected chi connectivity index (χ1v) is 9.84. The van der Waals surface area contributed by atoms with E-state index in [1.54, 1.807) is 0 Å². The fourth-order valence-corrected chi connectivity index (χ4v) is 3.34. The van der Waals surface area contributed by atoms with Crippen LogP contribution in [0.3, 0.4) is 0 Å². The topological polar surface area (TPSA) is 44.3 Å². The van der Waals surface area contributed by atoms with E-state index in [9.17, 15) is 0 Å². The van der Waals surface area contributed by atoms with Crippen LogP contribution >= 0.6 is 0 Å². The molecule has 0 amide bonds. The summed E-state index contributed by atoms with van der Waals surface area (Å²) in [4.78, 5) is 13.9. The Labute approximate surface area is 157 Å². The second-order valence-corrected chi connectivity index (χ2v) is 7.19. The summed E-state index contributed by atoms with van der Waals surface area (Å²) in [5, 5.41) is 3.43. The third-order valence-electron chi connectivity index (χ3n) is 4.89. The molecular formula is C21H31N5. The molecule has 5 nitrogen and oxygen atoms in total. The number of rotatable bonds is 7. The Balaban J connectivity index is 1.69. The molecule has 1 aliphatic heterocycles. The van der Waals surface area contributed by atoms with Crippen LogP contribution in [0.25, 0.3) is 0 Å². The minimum Gasteiger partial charge on any atom is -0.372 e. The van der Waals surface area contributed by atoms with Crippen molar-refractivity contribution in [3.05, 3.63) is 36.0 Å². The lowest BCUT2D eigenvalue weighted by atomic mass is 10.1. The van der Waals surface area contributed by atoms with Gasteiger partial charge in [0.05, 0.1) is 0 Å². The van der Waals surface area contributed by atoms with Gasteiger partial charge in [-0.3, -0.25) is 0 Å². The number of nitrogens with one attached hydrogen (secondary N) is 1. The summed E-state index contributed by atoms with van der Waals surface area (Å²) in [5.41, 5.74) is 3.35. The lowest BCUT2D eigenvalue weighted by molar-refractivity contribution is 0.578. The van der Waals surface area contributed by atoms with E-state index in [4.69, 9.17) is 0 Å². The maximum atomic E-state index is 4.69. The molecule has 1 aromatic carbocycles. The molecule has 0 bridgehead atoms. The van der Waals surface area contributed by atoms with Gasteiger partial charge in [0.2, 0.25) is 5.95 Å². The van der Waals surface area contributed by atoms with Gasteiger partial charge in [-0.05, 0) is 56.9 Å². The van der Waals surface area contributed by atoms with E-state index in [0.29, 0.717) is 0 Å². The van der Waals surface area contributed by atoms with Crippen molar-refractivity contribution in [1.29, 1.82) is 0 Å². The normalized spacial score (nSPS) is 14.3. The van der Waals surface area contributed by atoms with Crippen molar-refractivity contribution in [2.45, 2.75) is 46.0 Å². The molecule has 0 radical (unpaired) electrons. The Morgan fingerprint density at radius 1 is 1.08 bits per heavy atom. The van der Waals surface area contributed by atoms with Crippen LogP contribution in [0.4, 0.5) is 23.1 Å². The summed E-state index contributed by atoms with van der Waals surface area (Å²) >= 11 is 0. The van der Waals surface area contributed by atoms with Crippen LogP contribution in [0, 0.1) is 6.92 Å². The number of piperidine rings is 1. The molecular weight excluding hydrogens is 322 g/mol. The highest BCUT2D eigenvalue weighted by atomic mass is 15.2. The van der Waals surface area contributed by atoms with E-state index in [1.165, 1.54) is 44.5 Å². The highest BCUT2D eigenvalue weighted by molar-refractivity contribution is 5.61. The van der Waals surface area contributed by atoms with E-state index in [-0.39, 0.29) is 0 Å². The zero-order valence-corrected chi connectivity index (χ0v) is 16.3. The summed E-state index contributed by atoms with van der Waals surface area (Å²) in [5.74, 6) is 1.63. The summed E-state index contributed by atoms with van der Waals surface area (Å²) in [6.07, 6.45) is 6.28. The van der Waals surface area contributed by atoms with Crippen LogP contribution in [-0.4, -0.2) is 36.6 Å². The standard InChI is InChI=1S/C21H31N5/c1-4-5-13-25(3)21-22-17(2)16-20(24-21)23-18-9-11-19(12-10-18)26-14-7-6-8-15-26/h9-12,16H,4-8,13-15H2,1-3H3,(H,22,23,24). The van der Waals surface area contributed by atoms with E-state index in [2.05, 4.69) is 63.3 Å².